The number of benzene rings is 1. The Balaban J connectivity index is 1.64. The van der Waals surface area contributed by atoms with E-state index in [0.717, 1.165) is 6.07 Å². The molecule has 0 spiro atoms. The Labute approximate surface area is 196 Å². The maximum atomic E-state index is 11.3. The lowest BCUT2D eigenvalue weighted by molar-refractivity contribution is -0.0511. The first-order chi connectivity index (χ1) is 16.6. The van der Waals surface area contributed by atoms with Gasteiger partial charge in [-0.1, -0.05) is 0 Å². The summed E-state index contributed by atoms with van der Waals surface area (Å²) in [5.74, 6) is -2.45. The Morgan fingerprint density at radius 2 is 1.91 bits per heavy atom. The number of nitrogens with zero attached hydrogens (tertiary/aromatic N) is 4. The number of nitrogens with one attached hydrogen (secondary N) is 1. The molecule has 0 bridgehead atoms. The smallest absolute Gasteiger partial charge is 0.504 e. The van der Waals surface area contributed by atoms with Gasteiger partial charge in [0, 0.05) is 12.1 Å². The van der Waals surface area contributed by atoms with Crippen molar-refractivity contribution in [3.05, 3.63) is 24.3 Å². The molecule has 16 nitrogen and oxygen atoms in total. The monoisotopic (exact) mass is 515 g/mol. The van der Waals surface area contributed by atoms with Crippen molar-refractivity contribution in [2.24, 2.45) is 0 Å². The van der Waals surface area contributed by atoms with Gasteiger partial charge in [-0.2, -0.15) is 0 Å². The third kappa shape index (κ3) is 4.68. The number of fused-ring (bicyclic) bond motifs is 1. The van der Waals surface area contributed by atoms with Crippen LogP contribution in [-0.4, -0.2) is 86.9 Å². The highest BCUT2D eigenvalue weighted by atomic mass is 31.2. The summed E-state index contributed by atoms with van der Waals surface area (Å²) in [6.07, 6.45) is -2.24. The summed E-state index contributed by atoms with van der Waals surface area (Å²) >= 11 is 0. The molecule has 3 heterocycles. The summed E-state index contributed by atoms with van der Waals surface area (Å²) < 4.78 is 27.8. The summed E-state index contributed by atoms with van der Waals surface area (Å²) in [4.78, 5) is 30.7. The Kier molecular flexibility index (Phi) is 6.70. The summed E-state index contributed by atoms with van der Waals surface area (Å²) in [5.41, 5.74) is 0.600. The lowest BCUT2D eigenvalue weighted by atomic mass is 10.1. The minimum absolute atomic E-state index is 0.138. The SMILES string of the molecule is COc1c(CNc2ncnc3c2ncn3[C@@H]2O[C@H](CO)[C@@H](O)[C@H]2O)cc(O)c(O)c1OP(=O)(O)O. The van der Waals surface area contributed by atoms with E-state index in [0.29, 0.717) is 0 Å². The molecule has 4 rings (SSSR count). The molecule has 3 aromatic rings. The Bertz CT molecular complexity index is 1280. The highest BCUT2D eigenvalue weighted by Gasteiger charge is 2.44. The van der Waals surface area contributed by atoms with Crippen molar-refractivity contribution in [1.29, 1.82) is 0 Å². The average molecular weight is 515 g/mol. The largest absolute Gasteiger partial charge is 0.525 e. The summed E-state index contributed by atoms with van der Waals surface area (Å²) in [5, 5.41) is 52.5. The number of aliphatic hydroxyl groups excluding tert-OH is 3. The van der Waals surface area contributed by atoms with Crippen LogP contribution < -0.4 is 14.6 Å². The van der Waals surface area contributed by atoms with Crippen LogP contribution in [-0.2, 0) is 15.8 Å². The van der Waals surface area contributed by atoms with E-state index in [1.165, 1.54) is 24.3 Å². The van der Waals surface area contributed by atoms with Crippen molar-refractivity contribution < 1.29 is 53.9 Å². The van der Waals surface area contributed by atoms with Gasteiger partial charge in [-0.3, -0.25) is 14.4 Å². The number of aromatic hydroxyl groups is 2. The number of ether oxygens (including phenoxy) is 2. The first-order valence-corrected chi connectivity index (χ1v) is 11.5. The van der Waals surface area contributed by atoms with Gasteiger partial charge in [0.25, 0.3) is 0 Å². The van der Waals surface area contributed by atoms with Crippen LogP contribution >= 0.6 is 7.82 Å². The number of hydrogen-bond donors (Lipinski definition) is 8. The lowest BCUT2D eigenvalue weighted by Crippen LogP contribution is -2.33. The van der Waals surface area contributed by atoms with Gasteiger partial charge in [0.05, 0.1) is 20.0 Å². The van der Waals surface area contributed by atoms with Gasteiger partial charge < -0.3 is 44.8 Å². The molecule has 1 aromatic carbocycles. The van der Waals surface area contributed by atoms with E-state index in [2.05, 4.69) is 24.8 Å². The number of imidazole rings is 1. The second-order valence-electron chi connectivity index (χ2n) is 7.48. The van der Waals surface area contributed by atoms with Gasteiger partial charge in [-0.05, 0) is 6.07 Å². The summed E-state index contributed by atoms with van der Waals surface area (Å²) in [6, 6.07) is 1.10. The van der Waals surface area contributed by atoms with Crippen LogP contribution in [0.3, 0.4) is 0 Å². The zero-order valence-electron chi connectivity index (χ0n) is 18.0. The standard InChI is InChI=1S/C18H22N5O11P/c1-32-14-7(2-8(25)11(26)15(14)34-35(29,30)31)3-19-16-10-17(21-5-20-16)23(6-22-10)18-13(28)12(27)9(4-24)33-18/h2,5-6,9,12-13,18,24-28H,3-4H2,1H3,(H,19,20,21)(H2,29,30,31)/t9-,12-,13-,18-/m1/s1. The van der Waals surface area contributed by atoms with E-state index in [1.807, 2.05) is 0 Å². The van der Waals surface area contributed by atoms with Crippen molar-refractivity contribution in [2.45, 2.75) is 31.1 Å². The fourth-order valence-electron chi connectivity index (χ4n) is 3.68. The minimum atomic E-state index is -5.10. The van der Waals surface area contributed by atoms with Crippen LogP contribution in [0.15, 0.2) is 18.7 Å². The first kappa shape index (κ1) is 24.9. The number of anilines is 1. The molecule has 190 valence electrons. The van der Waals surface area contributed by atoms with Gasteiger partial charge in [0.2, 0.25) is 11.5 Å². The zero-order valence-corrected chi connectivity index (χ0v) is 18.8. The van der Waals surface area contributed by atoms with Gasteiger partial charge in [0.1, 0.15) is 24.6 Å². The van der Waals surface area contributed by atoms with Crippen molar-refractivity contribution in [1.82, 2.24) is 19.5 Å². The molecule has 0 radical (unpaired) electrons. The predicted molar refractivity (Wildman–Crippen MR) is 115 cm³/mol. The minimum Gasteiger partial charge on any atom is -0.504 e. The van der Waals surface area contributed by atoms with Crippen LogP contribution in [0.4, 0.5) is 5.82 Å². The van der Waals surface area contributed by atoms with Crippen LogP contribution in [0.5, 0.6) is 23.0 Å². The van der Waals surface area contributed by atoms with Gasteiger partial charge in [-0.25, -0.2) is 19.5 Å². The molecular weight excluding hydrogens is 493 g/mol. The quantitative estimate of drug-likeness (QED) is 0.132. The maximum absolute atomic E-state index is 11.3. The fraction of sp³-hybridized carbons (Fsp3) is 0.389. The van der Waals surface area contributed by atoms with E-state index in [4.69, 9.17) is 19.3 Å². The third-order valence-corrected chi connectivity index (χ3v) is 5.70. The summed E-state index contributed by atoms with van der Waals surface area (Å²) in [6.45, 7) is -0.639. The van der Waals surface area contributed by atoms with Crippen LogP contribution in [0.1, 0.15) is 11.8 Å². The number of phosphoric ester groups is 1. The maximum Gasteiger partial charge on any atom is 0.525 e. The molecule has 0 unspecified atom stereocenters. The van der Waals surface area contributed by atoms with E-state index >= 15 is 0 Å². The number of hydrogen-bond acceptors (Lipinski definition) is 13. The number of phenolic OH excluding ortho intramolecular Hbond substituents is 2. The highest BCUT2D eigenvalue weighted by Crippen LogP contribution is 2.51. The molecule has 1 fully saturated rings. The molecule has 1 aliphatic rings. The normalized spacial score (nSPS) is 22.5. The molecule has 8 N–H and O–H groups in total. The van der Waals surface area contributed by atoms with Crippen molar-refractivity contribution >= 4 is 24.8 Å². The van der Waals surface area contributed by atoms with E-state index in [1.54, 1.807) is 0 Å². The second kappa shape index (κ2) is 9.43. The fourth-order valence-corrected chi connectivity index (χ4v) is 4.09. The van der Waals surface area contributed by atoms with Crippen molar-refractivity contribution in [3.63, 3.8) is 0 Å². The van der Waals surface area contributed by atoms with Crippen molar-refractivity contribution in [3.8, 4) is 23.0 Å². The third-order valence-electron chi connectivity index (χ3n) is 5.28. The van der Waals surface area contributed by atoms with E-state index < -0.39 is 56.2 Å². The van der Waals surface area contributed by atoms with Gasteiger partial charge >= 0.3 is 7.82 Å². The number of rotatable bonds is 8. The molecule has 35 heavy (non-hydrogen) atoms. The number of phosphoric acid groups is 1. The molecule has 4 atom stereocenters. The number of aliphatic hydroxyl groups is 3. The Morgan fingerprint density at radius 1 is 1.17 bits per heavy atom. The molecule has 0 amide bonds. The van der Waals surface area contributed by atoms with Gasteiger partial charge in [-0.15, -0.1) is 0 Å². The molecule has 0 aliphatic carbocycles. The molecule has 17 heteroatoms. The first-order valence-electron chi connectivity index (χ1n) is 9.96. The van der Waals surface area contributed by atoms with Gasteiger partial charge in [0.15, 0.2) is 34.7 Å². The molecular formula is C18H22N5O11P. The zero-order chi connectivity index (χ0) is 25.5. The number of phenols is 2. The second-order valence-corrected chi connectivity index (χ2v) is 8.64. The number of methoxy groups -OCH3 is 1. The Hall–Kier alpha value is -3.24. The average Bonchev–Trinajstić information content (AvgIpc) is 3.36. The Morgan fingerprint density at radius 3 is 2.54 bits per heavy atom. The molecule has 0 saturated carbocycles. The molecule has 1 saturated heterocycles. The van der Waals surface area contributed by atoms with Crippen molar-refractivity contribution in [2.75, 3.05) is 19.0 Å². The van der Waals surface area contributed by atoms with Crippen LogP contribution in [0, 0.1) is 0 Å². The lowest BCUT2D eigenvalue weighted by Gasteiger charge is -2.18. The van der Waals surface area contributed by atoms with Crippen LogP contribution in [0.25, 0.3) is 11.2 Å². The van der Waals surface area contributed by atoms with E-state index in [9.17, 15) is 30.1 Å². The van der Waals surface area contributed by atoms with Crippen LogP contribution in [0.2, 0.25) is 0 Å². The number of aromatic nitrogens is 4. The summed E-state index contributed by atoms with van der Waals surface area (Å²) in [7, 11) is -3.92. The molecule has 2 aromatic heterocycles. The topological polar surface area (TPSA) is 242 Å². The van der Waals surface area contributed by atoms with E-state index in [-0.39, 0.29) is 34.8 Å². The highest BCUT2D eigenvalue weighted by molar-refractivity contribution is 7.46. The predicted octanol–water partition coefficient (Wildman–Crippen LogP) is -1.06. The molecule has 1 aliphatic heterocycles.